The molecule has 0 saturated carbocycles. The molecule has 0 aromatic heterocycles. The highest BCUT2D eigenvalue weighted by Crippen LogP contribution is 2.30. The summed E-state index contributed by atoms with van der Waals surface area (Å²) < 4.78 is 5.29. The van der Waals surface area contributed by atoms with Crippen molar-refractivity contribution in [3.63, 3.8) is 0 Å². The molecule has 0 heterocycles. The quantitative estimate of drug-likeness (QED) is 0.785. The van der Waals surface area contributed by atoms with Crippen LogP contribution in [0.5, 0.6) is 5.75 Å². The maximum atomic E-state index is 9.29. The normalized spacial score (nSPS) is 12.3. The second kappa shape index (κ2) is 5.72. The Labute approximate surface area is 104 Å². The molecule has 0 fully saturated rings. The van der Waals surface area contributed by atoms with Gasteiger partial charge in [0.25, 0.3) is 0 Å². The molecular formula is C15H21NO. The van der Waals surface area contributed by atoms with Crippen molar-refractivity contribution in [3.8, 4) is 11.8 Å². The molecule has 0 bridgehead atoms. The summed E-state index contributed by atoms with van der Waals surface area (Å²) in [6.45, 7) is 8.36. The lowest BCUT2D eigenvalue weighted by Gasteiger charge is -2.17. The summed E-state index contributed by atoms with van der Waals surface area (Å²) in [5.41, 5.74) is 3.37. The predicted octanol–water partition coefficient (Wildman–Crippen LogP) is 3.97. The Balaban J connectivity index is 3.13. The summed E-state index contributed by atoms with van der Waals surface area (Å²) in [4.78, 5) is 0. The van der Waals surface area contributed by atoms with Crippen molar-refractivity contribution in [2.75, 3.05) is 7.11 Å². The fraction of sp³-hybridized carbons (Fsp3) is 0.533. The van der Waals surface area contributed by atoms with Crippen molar-refractivity contribution in [1.29, 1.82) is 5.26 Å². The number of hydrogen-bond acceptors (Lipinski definition) is 2. The van der Waals surface area contributed by atoms with Crippen LogP contribution >= 0.6 is 0 Å². The largest absolute Gasteiger partial charge is 0.496 e. The van der Waals surface area contributed by atoms with Crippen LogP contribution < -0.4 is 4.74 Å². The average molecular weight is 231 g/mol. The molecule has 92 valence electrons. The second-order valence-electron chi connectivity index (χ2n) is 4.99. The van der Waals surface area contributed by atoms with Crippen molar-refractivity contribution in [3.05, 3.63) is 28.8 Å². The first kappa shape index (κ1) is 13.6. The highest BCUT2D eigenvalue weighted by atomic mass is 16.5. The molecule has 2 heteroatoms. The lowest BCUT2D eigenvalue weighted by molar-refractivity contribution is 0.411. The van der Waals surface area contributed by atoms with Crippen LogP contribution in [0.4, 0.5) is 0 Å². The van der Waals surface area contributed by atoms with Crippen molar-refractivity contribution < 1.29 is 4.74 Å². The third-order valence-electron chi connectivity index (χ3n) is 3.02. The Hall–Kier alpha value is -1.49. The van der Waals surface area contributed by atoms with Gasteiger partial charge in [-0.1, -0.05) is 19.9 Å². The number of aryl methyl sites for hydroxylation is 2. The van der Waals surface area contributed by atoms with Gasteiger partial charge in [0.1, 0.15) is 5.75 Å². The van der Waals surface area contributed by atoms with Crippen LogP contribution in [0.25, 0.3) is 0 Å². The standard InChI is InChI=1S/C15H21NO/c1-10(2)6-13(9-16)14-7-12(4)15(17-5)8-11(14)3/h7-8,10,13H,6H2,1-5H3. The van der Waals surface area contributed by atoms with Gasteiger partial charge in [-0.2, -0.15) is 5.26 Å². The molecule has 0 saturated heterocycles. The van der Waals surface area contributed by atoms with E-state index in [1.807, 2.05) is 19.9 Å². The fourth-order valence-electron chi connectivity index (χ4n) is 2.13. The number of benzene rings is 1. The van der Waals surface area contributed by atoms with E-state index >= 15 is 0 Å². The van der Waals surface area contributed by atoms with E-state index in [9.17, 15) is 5.26 Å². The van der Waals surface area contributed by atoms with Crippen LogP contribution in [0.15, 0.2) is 12.1 Å². The Morgan fingerprint density at radius 1 is 1.24 bits per heavy atom. The third kappa shape index (κ3) is 3.23. The summed E-state index contributed by atoms with van der Waals surface area (Å²) in [5, 5.41) is 9.29. The zero-order valence-electron chi connectivity index (χ0n) is 11.4. The summed E-state index contributed by atoms with van der Waals surface area (Å²) in [6.07, 6.45) is 0.906. The lowest BCUT2D eigenvalue weighted by Crippen LogP contribution is -2.04. The van der Waals surface area contributed by atoms with E-state index in [2.05, 4.69) is 26.0 Å². The van der Waals surface area contributed by atoms with E-state index < -0.39 is 0 Å². The summed E-state index contributed by atoms with van der Waals surface area (Å²) >= 11 is 0. The first-order valence-electron chi connectivity index (χ1n) is 6.04. The first-order chi connectivity index (χ1) is 7.99. The van der Waals surface area contributed by atoms with Gasteiger partial charge in [-0.25, -0.2) is 0 Å². The van der Waals surface area contributed by atoms with Crippen molar-refractivity contribution >= 4 is 0 Å². The fourth-order valence-corrected chi connectivity index (χ4v) is 2.13. The van der Waals surface area contributed by atoms with Gasteiger partial charge in [0.15, 0.2) is 0 Å². The van der Waals surface area contributed by atoms with Gasteiger partial charge in [0.05, 0.1) is 19.1 Å². The summed E-state index contributed by atoms with van der Waals surface area (Å²) in [5.74, 6) is 1.41. The monoisotopic (exact) mass is 231 g/mol. The van der Waals surface area contributed by atoms with Crippen LogP contribution in [-0.4, -0.2) is 7.11 Å². The maximum absolute atomic E-state index is 9.29. The molecule has 1 atom stereocenters. The number of hydrogen-bond donors (Lipinski definition) is 0. The van der Waals surface area contributed by atoms with Crippen LogP contribution in [0, 0.1) is 31.1 Å². The van der Waals surface area contributed by atoms with Crippen molar-refractivity contribution in [2.45, 2.75) is 40.0 Å². The van der Waals surface area contributed by atoms with Gasteiger partial charge in [-0.15, -0.1) is 0 Å². The molecule has 0 aliphatic carbocycles. The van der Waals surface area contributed by atoms with Gasteiger partial charge in [-0.3, -0.25) is 0 Å². The van der Waals surface area contributed by atoms with Gasteiger partial charge >= 0.3 is 0 Å². The summed E-state index contributed by atoms with van der Waals surface area (Å²) in [7, 11) is 1.68. The zero-order valence-corrected chi connectivity index (χ0v) is 11.4. The number of nitrogens with zero attached hydrogens (tertiary/aromatic N) is 1. The lowest BCUT2D eigenvalue weighted by atomic mass is 9.88. The molecule has 17 heavy (non-hydrogen) atoms. The van der Waals surface area contributed by atoms with E-state index in [1.54, 1.807) is 7.11 Å². The minimum absolute atomic E-state index is 0.0143. The van der Waals surface area contributed by atoms with E-state index in [1.165, 1.54) is 0 Å². The Kier molecular flexibility index (Phi) is 4.57. The molecule has 0 aliphatic rings. The van der Waals surface area contributed by atoms with E-state index in [-0.39, 0.29) is 5.92 Å². The average Bonchev–Trinajstić information content (AvgIpc) is 2.28. The molecule has 1 aromatic carbocycles. The van der Waals surface area contributed by atoms with Crippen molar-refractivity contribution in [2.24, 2.45) is 5.92 Å². The minimum atomic E-state index is -0.0143. The second-order valence-corrected chi connectivity index (χ2v) is 4.99. The Bertz CT molecular complexity index is 429. The first-order valence-corrected chi connectivity index (χ1v) is 6.04. The number of nitriles is 1. The topological polar surface area (TPSA) is 33.0 Å². The van der Waals surface area contributed by atoms with Gasteiger partial charge in [0, 0.05) is 0 Å². The highest BCUT2D eigenvalue weighted by molar-refractivity contribution is 5.44. The molecule has 2 nitrogen and oxygen atoms in total. The molecule has 1 unspecified atom stereocenters. The SMILES string of the molecule is COc1cc(C)c(C(C#N)CC(C)C)cc1C. The van der Waals surface area contributed by atoms with Crippen LogP contribution in [0.3, 0.4) is 0 Å². The van der Waals surface area contributed by atoms with Crippen LogP contribution in [-0.2, 0) is 0 Å². The molecule has 0 N–H and O–H groups in total. The van der Waals surface area contributed by atoms with Crippen LogP contribution in [0.2, 0.25) is 0 Å². The van der Waals surface area contributed by atoms with E-state index in [0.717, 1.165) is 28.9 Å². The minimum Gasteiger partial charge on any atom is -0.496 e. The summed E-state index contributed by atoms with van der Waals surface area (Å²) in [6, 6.07) is 6.53. The Morgan fingerprint density at radius 3 is 2.35 bits per heavy atom. The molecule has 0 aliphatic heterocycles. The third-order valence-corrected chi connectivity index (χ3v) is 3.02. The maximum Gasteiger partial charge on any atom is 0.122 e. The smallest absolute Gasteiger partial charge is 0.122 e. The van der Waals surface area contributed by atoms with E-state index in [0.29, 0.717) is 5.92 Å². The molecule has 0 radical (unpaired) electrons. The number of ether oxygens (including phenoxy) is 1. The molecule has 1 rings (SSSR count). The molecular weight excluding hydrogens is 210 g/mol. The molecule has 1 aromatic rings. The number of methoxy groups -OCH3 is 1. The van der Waals surface area contributed by atoms with Gasteiger partial charge in [0.2, 0.25) is 0 Å². The van der Waals surface area contributed by atoms with E-state index in [4.69, 9.17) is 4.74 Å². The van der Waals surface area contributed by atoms with Crippen LogP contribution in [0.1, 0.15) is 42.9 Å². The zero-order chi connectivity index (χ0) is 13.0. The number of rotatable bonds is 4. The molecule has 0 spiro atoms. The Morgan fingerprint density at radius 2 is 1.88 bits per heavy atom. The van der Waals surface area contributed by atoms with Crippen molar-refractivity contribution in [1.82, 2.24) is 0 Å². The highest BCUT2D eigenvalue weighted by Gasteiger charge is 2.16. The van der Waals surface area contributed by atoms with Gasteiger partial charge < -0.3 is 4.74 Å². The molecule has 0 amide bonds. The van der Waals surface area contributed by atoms with Gasteiger partial charge in [-0.05, 0) is 48.9 Å². The predicted molar refractivity (Wildman–Crippen MR) is 70.3 cm³/mol.